The molecule has 8 heteroatoms. The van der Waals surface area contributed by atoms with Gasteiger partial charge < -0.3 is 15.0 Å². The number of aromatic amines is 1. The highest BCUT2D eigenvalue weighted by atomic mass is 32.2. The predicted octanol–water partition coefficient (Wildman–Crippen LogP) is 1.89. The summed E-state index contributed by atoms with van der Waals surface area (Å²) < 4.78 is 32.7. The Labute approximate surface area is 159 Å². The molecule has 7 nitrogen and oxygen atoms in total. The van der Waals surface area contributed by atoms with Crippen LogP contribution in [0.4, 0.5) is 0 Å². The van der Waals surface area contributed by atoms with E-state index in [1.165, 1.54) is 4.31 Å². The molecule has 0 unspecified atom stereocenters. The van der Waals surface area contributed by atoms with Crippen LogP contribution in [0.3, 0.4) is 0 Å². The summed E-state index contributed by atoms with van der Waals surface area (Å²) >= 11 is 0. The van der Waals surface area contributed by atoms with Crippen LogP contribution in [-0.2, 0) is 21.3 Å². The Balaban J connectivity index is 1.81. The van der Waals surface area contributed by atoms with Crippen LogP contribution >= 0.6 is 0 Å². The first-order valence-corrected chi connectivity index (χ1v) is 10.4. The van der Waals surface area contributed by atoms with Crippen molar-refractivity contribution in [3.63, 3.8) is 0 Å². The molecule has 1 fully saturated rings. The van der Waals surface area contributed by atoms with Crippen LogP contribution in [0.2, 0.25) is 0 Å². The lowest BCUT2D eigenvalue weighted by atomic mass is 10.1. The zero-order valence-electron chi connectivity index (χ0n) is 15.8. The Bertz CT molecular complexity index is 944. The number of carbonyl (C=O) groups is 1. The Kier molecular flexibility index (Phi) is 5.69. The molecule has 1 aromatic carbocycles. The number of ether oxygens (including phenoxy) is 1. The molecule has 1 aromatic heterocycles. The van der Waals surface area contributed by atoms with Gasteiger partial charge >= 0.3 is 0 Å². The molecule has 146 valence electrons. The zero-order valence-corrected chi connectivity index (χ0v) is 16.6. The van der Waals surface area contributed by atoms with E-state index >= 15 is 0 Å². The average Bonchev–Trinajstić information content (AvgIpc) is 2.95. The second-order valence-electron chi connectivity index (χ2n) is 6.77. The third kappa shape index (κ3) is 4.07. The molecule has 0 bridgehead atoms. The second kappa shape index (κ2) is 7.84. The highest BCUT2D eigenvalue weighted by Crippen LogP contribution is 2.27. The Morgan fingerprint density at radius 1 is 1.22 bits per heavy atom. The van der Waals surface area contributed by atoms with Crippen molar-refractivity contribution in [3.8, 4) is 0 Å². The minimum absolute atomic E-state index is 0.185. The van der Waals surface area contributed by atoms with Crippen molar-refractivity contribution in [2.24, 2.45) is 0 Å². The number of aryl methyl sites for hydroxylation is 2. The molecule has 1 saturated heterocycles. The smallest absolute Gasteiger partial charge is 0.268 e. The number of morpholine rings is 1. The lowest BCUT2D eigenvalue weighted by Gasteiger charge is -2.26. The quantitative estimate of drug-likeness (QED) is 0.814. The molecule has 0 saturated carbocycles. The van der Waals surface area contributed by atoms with Gasteiger partial charge in [-0.05, 0) is 31.9 Å². The third-order valence-electron chi connectivity index (χ3n) is 4.70. The maximum Gasteiger partial charge on any atom is 0.268 e. The molecule has 2 N–H and O–H groups in total. The Morgan fingerprint density at radius 3 is 2.59 bits per heavy atom. The van der Waals surface area contributed by atoms with E-state index in [0.29, 0.717) is 44.1 Å². The van der Waals surface area contributed by atoms with E-state index in [4.69, 9.17) is 4.74 Å². The number of benzene rings is 1. The summed E-state index contributed by atoms with van der Waals surface area (Å²) in [5, 5.41) is 2.86. The molecule has 0 atom stereocenters. The number of hydrogen-bond acceptors (Lipinski definition) is 4. The van der Waals surface area contributed by atoms with Crippen molar-refractivity contribution in [3.05, 3.63) is 52.3 Å². The molecule has 2 aromatic rings. The van der Waals surface area contributed by atoms with Gasteiger partial charge in [-0.15, -0.1) is 0 Å². The summed E-state index contributed by atoms with van der Waals surface area (Å²) in [6, 6.07) is 7.87. The minimum atomic E-state index is -3.67. The van der Waals surface area contributed by atoms with Gasteiger partial charge in [0.25, 0.3) is 5.91 Å². The van der Waals surface area contributed by atoms with Gasteiger partial charge in [-0.3, -0.25) is 4.79 Å². The van der Waals surface area contributed by atoms with Gasteiger partial charge in [-0.2, -0.15) is 4.31 Å². The van der Waals surface area contributed by atoms with Crippen LogP contribution in [0.1, 0.15) is 32.9 Å². The molecule has 0 radical (unpaired) electrons. The number of hydrogen-bond donors (Lipinski definition) is 2. The van der Waals surface area contributed by atoms with Gasteiger partial charge in [0.05, 0.1) is 13.2 Å². The Morgan fingerprint density at radius 2 is 1.93 bits per heavy atom. The van der Waals surface area contributed by atoms with Crippen LogP contribution < -0.4 is 5.32 Å². The van der Waals surface area contributed by atoms with Crippen molar-refractivity contribution < 1.29 is 17.9 Å². The summed E-state index contributed by atoms with van der Waals surface area (Å²) in [7, 11) is -3.67. The van der Waals surface area contributed by atoms with Crippen LogP contribution in [-0.4, -0.2) is 49.9 Å². The van der Waals surface area contributed by atoms with Gasteiger partial charge in [-0.25, -0.2) is 8.42 Å². The molecule has 2 heterocycles. The molecule has 1 amide bonds. The van der Waals surface area contributed by atoms with E-state index in [-0.39, 0.29) is 16.5 Å². The van der Waals surface area contributed by atoms with E-state index in [2.05, 4.69) is 10.3 Å². The van der Waals surface area contributed by atoms with Crippen LogP contribution in [0, 0.1) is 20.8 Å². The van der Waals surface area contributed by atoms with E-state index in [1.54, 1.807) is 13.8 Å². The van der Waals surface area contributed by atoms with Gasteiger partial charge in [-0.1, -0.05) is 29.8 Å². The summed E-state index contributed by atoms with van der Waals surface area (Å²) in [6.45, 7) is 7.12. The molecular weight excluding hydrogens is 366 g/mol. The number of H-pyrrole nitrogens is 1. The van der Waals surface area contributed by atoms with Crippen LogP contribution in [0.15, 0.2) is 29.2 Å². The first kappa shape index (κ1) is 19.6. The number of sulfonamides is 1. The summed E-state index contributed by atoms with van der Waals surface area (Å²) in [6.07, 6.45) is 0. The zero-order chi connectivity index (χ0) is 19.6. The van der Waals surface area contributed by atoms with Gasteiger partial charge in [0.2, 0.25) is 10.0 Å². The number of nitrogens with one attached hydrogen (secondary N) is 2. The lowest BCUT2D eigenvalue weighted by Crippen LogP contribution is -2.41. The van der Waals surface area contributed by atoms with E-state index < -0.39 is 10.0 Å². The average molecular weight is 391 g/mol. The molecule has 1 aliphatic rings. The molecule has 0 spiro atoms. The van der Waals surface area contributed by atoms with Crippen LogP contribution in [0.5, 0.6) is 0 Å². The van der Waals surface area contributed by atoms with Crippen molar-refractivity contribution in [2.75, 3.05) is 26.3 Å². The fourth-order valence-corrected chi connectivity index (χ4v) is 5.17. The standard InChI is InChI=1S/C19H25N3O4S/c1-13-5-4-6-16(11-13)12-20-19(23)17-14(2)18(15(3)21-17)27(24,25)22-7-9-26-10-8-22/h4-6,11,21H,7-10,12H2,1-3H3,(H,20,23). The SMILES string of the molecule is Cc1cccc(CNC(=O)c2[nH]c(C)c(S(=O)(=O)N3CCOCC3)c2C)c1. The van der Waals surface area contributed by atoms with E-state index in [9.17, 15) is 13.2 Å². The number of amides is 1. The molecule has 27 heavy (non-hydrogen) atoms. The normalized spacial score (nSPS) is 15.7. The summed E-state index contributed by atoms with van der Waals surface area (Å²) in [5.74, 6) is -0.319. The monoisotopic (exact) mass is 391 g/mol. The van der Waals surface area contributed by atoms with Crippen molar-refractivity contribution in [1.29, 1.82) is 0 Å². The van der Waals surface area contributed by atoms with E-state index in [0.717, 1.165) is 11.1 Å². The topological polar surface area (TPSA) is 91.5 Å². The minimum Gasteiger partial charge on any atom is -0.379 e. The van der Waals surface area contributed by atoms with Crippen molar-refractivity contribution in [1.82, 2.24) is 14.6 Å². The maximum absolute atomic E-state index is 13.0. The highest BCUT2D eigenvalue weighted by Gasteiger charge is 2.32. The molecule has 1 aliphatic heterocycles. The summed E-state index contributed by atoms with van der Waals surface area (Å²) in [4.78, 5) is 15.8. The highest BCUT2D eigenvalue weighted by molar-refractivity contribution is 7.89. The molecular formula is C19H25N3O4S. The molecule has 3 rings (SSSR count). The first-order chi connectivity index (χ1) is 12.8. The fourth-order valence-electron chi connectivity index (χ4n) is 3.36. The number of nitrogens with zero attached hydrogens (tertiary/aromatic N) is 1. The molecule has 0 aliphatic carbocycles. The number of aromatic nitrogens is 1. The largest absolute Gasteiger partial charge is 0.379 e. The predicted molar refractivity (Wildman–Crippen MR) is 102 cm³/mol. The fraction of sp³-hybridized carbons (Fsp3) is 0.421. The summed E-state index contributed by atoms with van der Waals surface area (Å²) in [5.41, 5.74) is 3.31. The van der Waals surface area contributed by atoms with Gasteiger partial charge in [0.15, 0.2) is 0 Å². The van der Waals surface area contributed by atoms with Crippen molar-refractivity contribution >= 4 is 15.9 Å². The third-order valence-corrected chi connectivity index (χ3v) is 6.87. The van der Waals surface area contributed by atoms with Gasteiger partial charge in [0.1, 0.15) is 10.6 Å². The number of rotatable bonds is 5. The van der Waals surface area contributed by atoms with Gasteiger partial charge in [0, 0.05) is 25.3 Å². The van der Waals surface area contributed by atoms with E-state index in [1.807, 2.05) is 31.2 Å². The van der Waals surface area contributed by atoms with Crippen LogP contribution in [0.25, 0.3) is 0 Å². The van der Waals surface area contributed by atoms with Crippen molar-refractivity contribution in [2.45, 2.75) is 32.2 Å². The number of carbonyl (C=O) groups excluding carboxylic acids is 1. The Hall–Kier alpha value is -2.16. The second-order valence-corrected chi connectivity index (χ2v) is 8.64. The maximum atomic E-state index is 13.0. The lowest BCUT2D eigenvalue weighted by molar-refractivity contribution is 0.0730. The first-order valence-electron chi connectivity index (χ1n) is 8.91.